The fourth-order valence-corrected chi connectivity index (χ4v) is 3.80. The second-order valence-corrected chi connectivity index (χ2v) is 8.05. The van der Waals surface area contributed by atoms with E-state index in [1.54, 1.807) is 0 Å². The molecule has 0 spiro atoms. The molecule has 2 unspecified atom stereocenters. The van der Waals surface area contributed by atoms with E-state index >= 15 is 0 Å². The molecule has 1 aliphatic carbocycles. The number of carbonyl (C=O) groups is 1. The summed E-state index contributed by atoms with van der Waals surface area (Å²) >= 11 is 0. The zero-order chi connectivity index (χ0) is 16.2. The van der Waals surface area contributed by atoms with Crippen LogP contribution in [0.1, 0.15) is 72.6 Å². The summed E-state index contributed by atoms with van der Waals surface area (Å²) in [5.74, 6) is 0.852. The van der Waals surface area contributed by atoms with Crippen molar-refractivity contribution >= 4 is 6.09 Å². The van der Waals surface area contributed by atoms with Crippen LogP contribution in [0.2, 0.25) is 0 Å². The van der Waals surface area contributed by atoms with E-state index in [4.69, 9.17) is 4.74 Å². The number of nitrogens with zero attached hydrogens (tertiary/aromatic N) is 1. The van der Waals surface area contributed by atoms with Crippen molar-refractivity contribution in [3.05, 3.63) is 0 Å². The van der Waals surface area contributed by atoms with Crippen LogP contribution in [-0.4, -0.2) is 41.8 Å². The van der Waals surface area contributed by atoms with Crippen LogP contribution in [0.25, 0.3) is 0 Å². The number of ether oxygens (including phenoxy) is 1. The normalized spacial score (nSPS) is 24.7. The van der Waals surface area contributed by atoms with Crippen molar-refractivity contribution in [1.82, 2.24) is 10.2 Å². The molecule has 1 N–H and O–H groups in total. The average molecular weight is 310 g/mol. The molecular formula is C18H34N2O2. The molecule has 2 atom stereocenters. The molecule has 0 bridgehead atoms. The fraction of sp³-hybridized carbons (Fsp3) is 0.944. The first-order chi connectivity index (χ1) is 10.4. The summed E-state index contributed by atoms with van der Waals surface area (Å²) in [5.41, 5.74) is -0.403. The van der Waals surface area contributed by atoms with Crippen LogP contribution in [0.3, 0.4) is 0 Å². The number of hydrogen-bond acceptors (Lipinski definition) is 3. The largest absolute Gasteiger partial charge is 0.444 e. The third kappa shape index (κ3) is 5.15. The van der Waals surface area contributed by atoms with Crippen molar-refractivity contribution in [3.8, 4) is 0 Å². The van der Waals surface area contributed by atoms with Crippen LogP contribution in [0.4, 0.5) is 4.79 Å². The Bertz CT molecular complexity index is 359. The van der Waals surface area contributed by atoms with Crippen LogP contribution in [0.5, 0.6) is 0 Å². The summed E-state index contributed by atoms with van der Waals surface area (Å²) in [5, 5.41) is 3.68. The SMILES string of the molecule is CC(NCCC1CCCN1C(=O)OC(C)(C)C)C1CCCC1. The zero-order valence-corrected chi connectivity index (χ0v) is 14.9. The second-order valence-electron chi connectivity index (χ2n) is 8.05. The molecule has 1 amide bonds. The Kier molecular flexibility index (Phi) is 6.13. The molecule has 22 heavy (non-hydrogen) atoms. The summed E-state index contributed by atoms with van der Waals surface area (Å²) in [6.45, 7) is 9.96. The lowest BCUT2D eigenvalue weighted by Crippen LogP contribution is -2.42. The molecule has 128 valence electrons. The lowest BCUT2D eigenvalue weighted by molar-refractivity contribution is 0.0220. The molecule has 0 radical (unpaired) electrons. The molecule has 2 fully saturated rings. The summed E-state index contributed by atoms with van der Waals surface area (Å²) in [7, 11) is 0. The van der Waals surface area contributed by atoms with Crippen molar-refractivity contribution in [1.29, 1.82) is 0 Å². The van der Waals surface area contributed by atoms with Gasteiger partial charge in [0.2, 0.25) is 0 Å². The van der Waals surface area contributed by atoms with Gasteiger partial charge in [0, 0.05) is 18.6 Å². The number of likely N-dealkylation sites (tertiary alicyclic amines) is 1. The standard InChI is InChI=1S/C18H34N2O2/c1-14(15-8-5-6-9-15)19-12-11-16-10-7-13-20(16)17(21)22-18(2,3)4/h14-16,19H,5-13H2,1-4H3. The molecule has 1 aliphatic heterocycles. The Morgan fingerprint density at radius 3 is 2.55 bits per heavy atom. The number of carbonyl (C=O) groups excluding carboxylic acids is 1. The average Bonchev–Trinajstić information content (AvgIpc) is 3.08. The van der Waals surface area contributed by atoms with E-state index in [2.05, 4.69) is 12.2 Å². The molecule has 2 rings (SSSR count). The van der Waals surface area contributed by atoms with Crippen LogP contribution in [0.15, 0.2) is 0 Å². The van der Waals surface area contributed by atoms with Gasteiger partial charge in [-0.2, -0.15) is 0 Å². The molecule has 0 aromatic carbocycles. The third-order valence-electron chi connectivity index (χ3n) is 5.06. The summed E-state index contributed by atoms with van der Waals surface area (Å²) in [4.78, 5) is 14.2. The molecule has 0 aromatic heterocycles. The topological polar surface area (TPSA) is 41.6 Å². The molecule has 0 aromatic rings. The Labute approximate surface area is 136 Å². The Hall–Kier alpha value is -0.770. The van der Waals surface area contributed by atoms with Gasteiger partial charge in [-0.3, -0.25) is 0 Å². The van der Waals surface area contributed by atoms with Crippen LogP contribution in [0, 0.1) is 5.92 Å². The lowest BCUT2D eigenvalue weighted by Gasteiger charge is -2.29. The van der Waals surface area contributed by atoms with Crippen LogP contribution in [-0.2, 0) is 4.74 Å². The summed E-state index contributed by atoms with van der Waals surface area (Å²) in [6, 6.07) is 0.956. The van der Waals surface area contributed by atoms with E-state index in [-0.39, 0.29) is 6.09 Å². The highest BCUT2D eigenvalue weighted by Crippen LogP contribution is 2.28. The van der Waals surface area contributed by atoms with Gasteiger partial charge < -0.3 is 15.0 Å². The number of hydrogen-bond donors (Lipinski definition) is 1. The smallest absolute Gasteiger partial charge is 0.410 e. The quantitative estimate of drug-likeness (QED) is 0.836. The van der Waals surface area contributed by atoms with Gasteiger partial charge in [-0.1, -0.05) is 12.8 Å². The van der Waals surface area contributed by atoms with E-state index in [1.165, 1.54) is 25.7 Å². The predicted molar refractivity (Wildman–Crippen MR) is 90.0 cm³/mol. The Balaban J connectivity index is 1.73. The Morgan fingerprint density at radius 2 is 1.91 bits per heavy atom. The maximum absolute atomic E-state index is 12.3. The molecular weight excluding hydrogens is 276 g/mol. The maximum Gasteiger partial charge on any atom is 0.410 e. The number of amides is 1. The van der Waals surface area contributed by atoms with Crippen molar-refractivity contribution in [2.75, 3.05) is 13.1 Å². The van der Waals surface area contributed by atoms with E-state index < -0.39 is 5.60 Å². The van der Waals surface area contributed by atoms with E-state index in [0.29, 0.717) is 12.1 Å². The first kappa shape index (κ1) is 17.6. The highest BCUT2D eigenvalue weighted by atomic mass is 16.6. The minimum Gasteiger partial charge on any atom is -0.444 e. The highest BCUT2D eigenvalue weighted by Gasteiger charge is 2.32. The van der Waals surface area contributed by atoms with Crippen molar-refractivity contribution in [3.63, 3.8) is 0 Å². The van der Waals surface area contributed by atoms with Gasteiger partial charge in [0.25, 0.3) is 0 Å². The van der Waals surface area contributed by atoms with Gasteiger partial charge >= 0.3 is 6.09 Å². The molecule has 1 heterocycles. The van der Waals surface area contributed by atoms with Crippen molar-refractivity contribution < 1.29 is 9.53 Å². The van der Waals surface area contributed by atoms with Gasteiger partial charge in [-0.05, 0) is 72.3 Å². The first-order valence-corrected chi connectivity index (χ1v) is 9.10. The van der Waals surface area contributed by atoms with Gasteiger partial charge in [-0.25, -0.2) is 4.79 Å². The van der Waals surface area contributed by atoms with Gasteiger partial charge in [0.05, 0.1) is 0 Å². The minimum atomic E-state index is -0.403. The van der Waals surface area contributed by atoms with Crippen molar-refractivity contribution in [2.45, 2.75) is 90.3 Å². The van der Waals surface area contributed by atoms with E-state index in [0.717, 1.165) is 38.3 Å². The molecule has 1 saturated carbocycles. The second kappa shape index (κ2) is 7.67. The highest BCUT2D eigenvalue weighted by molar-refractivity contribution is 5.68. The van der Waals surface area contributed by atoms with Gasteiger partial charge in [-0.15, -0.1) is 0 Å². The molecule has 2 aliphatic rings. The predicted octanol–water partition coefficient (Wildman–Crippen LogP) is 3.94. The van der Waals surface area contributed by atoms with Crippen LogP contribution >= 0.6 is 0 Å². The first-order valence-electron chi connectivity index (χ1n) is 9.10. The lowest BCUT2D eigenvalue weighted by atomic mass is 9.99. The Morgan fingerprint density at radius 1 is 1.23 bits per heavy atom. The molecule has 1 saturated heterocycles. The minimum absolute atomic E-state index is 0.140. The van der Waals surface area contributed by atoms with E-state index in [1.807, 2.05) is 25.7 Å². The van der Waals surface area contributed by atoms with Crippen molar-refractivity contribution in [2.24, 2.45) is 5.92 Å². The zero-order valence-electron chi connectivity index (χ0n) is 14.9. The van der Waals surface area contributed by atoms with Crippen LogP contribution < -0.4 is 5.32 Å². The molecule has 4 nitrogen and oxygen atoms in total. The summed E-state index contributed by atoms with van der Waals surface area (Å²) < 4.78 is 5.53. The van der Waals surface area contributed by atoms with Gasteiger partial charge in [0.15, 0.2) is 0 Å². The van der Waals surface area contributed by atoms with E-state index in [9.17, 15) is 4.79 Å². The number of nitrogens with one attached hydrogen (secondary N) is 1. The summed E-state index contributed by atoms with van der Waals surface area (Å²) in [6.07, 6.45) is 8.65. The molecule has 4 heteroatoms. The third-order valence-corrected chi connectivity index (χ3v) is 5.06. The fourth-order valence-electron chi connectivity index (χ4n) is 3.80. The monoisotopic (exact) mass is 310 g/mol. The maximum atomic E-state index is 12.3. The number of rotatable bonds is 5. The van der Waals surface area contributed by atoms with Gasteiger partial charge in [0.1, 0.15) is 5.60 Å².